The molecule has 1 aliphatic rings. The Kier molecular flexibility index (Phi) is 4.63. The number of carbonyl (C=O) groups is 1. The van der Waals surface area contributed by atoms with Crippen molar-refractivity contribution in [2.24, 2.45) is 0 Å². The van der Waals surface area contributed by atoms with Crippen molar-refractivity contribution >= 4 is 29.3 Å². The van der Waals surface area contributed by atoms with Crippen LogP contribution in [0.1, 0.15) is 24.4 Å². The second-order valence-corrected chi connectivity index (χ2v) is 6.68. The molecule has 2 aromatic rings. The highest BCUT2D eigenvalue weighted by Gasteiger charge is 2.28. The van der Waals surface area contributed by atoms with Crippen molar-refractivity contribution in [1.82, 2.24) is 25.1 Å². The summed E-state index contributed by atoms with van der Waals surface area (Å²) in [5, 5.41) is 13.1. The Morgan fingerprint density at radius 3 is 2.82 bits per heavy atom. The van der Waals surface area contributed by atoms with Crippen LogP contribution in [0, 0.1) is 0 Å². The van der Waals surface area contributed by atoms with E-state index in [0.717, 1.165) is 23.6 Å². The van der Waals surface area contributed by atoms with Gasteiger partial charge in [-0.3, -0.25) is 4.79 Å². The van der Waals surface area contributed by atoms with Crippen molar-refractivity contribution in [3.8, 4) is 0 Å². The van der Waals surface area contributed by atoms with Gasteiger partial charge in [-0.05, 0) is 41.0 Å². The zero-order valence-corrected chi connectivity index (χ0v) is 13.7. The molecule has 3 rings (SSSR count). The molecule has 8 heteroatoms. The Morgan fingerprint density at radius 1 is 1.41 bits per heavy atom. The maximum absolute atomic E-state index is 12.2. The van der Waals surface area contributed by atoms with Crippen molar-refractivity contribution in [2.45, 2.75) is 30.6 Å². The van der Waals surface area contributed by atoms with E-state index >= 15 is 0 Å². The van der Waals surface area contributed by atoms with Crippen molar-refractivity contribution in [2.75, 3.05) is 12.8 Å². The van der Waals surface area contributed by atoms with Gasteiger partial charge in [-0.2, -0.15) is 0 Å². The molecule has 1 heterocycles. The average Bonchev–Trinajstić information content (AvgIpc) is 3.25. The van der Waals surface area contributed by atoms with Crippen LogP contribution in [0.2, 0.25) is 5.02 Å². The van der Waals surface area contributed by atoms with E-state index in [-0.39, 0.29) is 5.91 Å². The predicted molar refractivity (Wildman–Crippen MR) is 84.7 cm³/mol. The van der Waals surface area contributed by atoms with Gasteiger partial charge in [0, 0.05) is 18.6 Å². The Balaban J connectivity index is 1.52. The molecule has 0 atom stereocenters. The first-order chi connectivity index (χ1) is 10.6. The van der Waals surface area contributed by atoms with Gasteiger partial charge in [0.25, 0.3) is 0 Å². The molecule has 0 unspecified atom stereocenters. The van der Waals surface area contributed by atoms with Crippen LogP contribution in [0.4, 0.5) is 0 Å². The zero-order chi connectivity index (χ0) is 15.5. The third kappa shape index (κ3) is 3.78. The van der Waals surface area contributed by atoms with E-state index in [1.54, 1.807) is 11.9 Å². The summed E-state index contributed by atoms with van der Waals surface area (Å²) in [4.78, 5) is 13.9. The molecule has 6 nitrogen and oxygen atoms in total. The Hall–Kier alpha value is -1.60. The van der Waals surface area contributed by atoms with Crippen LogP contribution in [0.15, 0.2) is 29.4 Å². The molecule has 1 aliphatic carbocycles. The molecule has 1 aromatic carbocycles. The average molecular weight is 338 g/mol. The number of carbonyl (C=O) groups excluding carboxylic acids is 1. The molecule has 0 N–H and O–H groups in total. The third-order valence-corrected chi connectivity index (χ3v) is 4.61. The molecule has 22 heavy (non-hydrogen) atoms. The van der Waals surface area contributed by atoms with Crippen molar-refractivity contribution < 1.29 is 4.79 Å². The minimum atomic E-state index is 0.0466. The summed E-state index contributed by atoms with van der Waals surface area (Å²) in [7, 11) is 1.79. The first-order valence-corrected chi connectivity index (χ1v) is 8.39. The lowest BCUT2D eigenvalue weighted by atomic mass is 10.2. The van der Waals surface area contributed by atoms with E-state index in [0.29, 0.717) is 23.4 Å². The maximum atomic E-state index is 12.2. The number of thioether (sulfide) groups is 1. The molecule has 0 bridgehead atoms. The minimum absolute atomic E-state index is 0.0466. The van der Waals surface area contributed by atoms with Crippen LogP contribution in [-0.2, 0) is 11.3 Å². The summed E-state index contributed by atoms with van der Waals surface area (Å²) in [5.74, 6) is 0.377. The normalized spacial score (nSPS) is 14.1. The van der Waals surface area contributed by atoms with Crippen molar-refractivity contribution in [1.29, 1.82) is 0 Å². The highest BCUT2D eigenvalue weighted by molar-refractivity contribution is 7.99. The molecule has 1 amide bonds. The van der Waals surface area contributed by atoms with Gasteiger partial charge >= 0.3 is 0 Å². The summed E-state index contributed by atoms with van der Waals surface area (Å²) in [5.41, 5.74) is 1.05. The van der Waals surface area contributed by atoms with E-state index in [9.17, 15) is 4.79 Å². The highest BCUT2D eigenvalue weighted by atomic mass is 35.5. The van der Waals surface area contributed by atoms with E-state index < -0.39 is 0 Å². The summed E-state index contributed by atoms with van der Waals surface area (Å²) >= 11 is 7.24. The quantitative estimate of drug-likeness (QED) is 0.757. The number of benzene rings is 1. The van der Waals surface area contributed by atoms with Gasteiger partial charge < -0.3 is 4.90 Å². The fourth-order valence-electron chi connectivity index (χ4n) is 2.02. The number of rotatable bonds is 6. The number of hydrogen-bond acceptors (Lipinski definition) is 5. The predicted octanol–water partition coefficient (Wildman–Crippen LogP) is 2.41. The lowest BCUT2D eigenvalue weighted by Crippen LogP contribution is -2.27. The van der Waals surface area contributed by atoms with Crippen LogP contribution in [0.3, 0.4) is 0 Å². The lowest BCUT2D eigenvalue weighted by molar-refractivity contribution is -0.127. The molecule has 1 fully saturated rings. The second-order valence-electron chi connectivity index (χ2n) is 5.30. The molecule has 0 aliphatic heterocycles. The van der Waals surface area contributed by atoms with E-state index in [1.165, 1.54) is 11.8 Å². The standard InChI is InChI=1S/C14H16ClN5OS/c1-19(8-10-2-4-11(15)5-3-10)13(21)9-22-14-16-17-18-20(14)12-6-7-12/h2-5,12H,6-9H2,1H3. The Morgan fingerprint density at radius 2 is 2.14 bits per heavy atom. The summed E-state index contributed by atoms with van der Waals surface area (Å²) < 4.78 is 1.82. The zero-order valence-electron chi connectivity index (χ0n) is 12.1. The van der Waals surface area contributed by atoms with E-state index in [4.69, 9.17) is 11.6 Å². The largest absolute Gasteiger partial charge is 0.341 e. The van der Waals surface area contributed by atoms with Crippen LogP contribution >= 0.6 is 23.4 Å². The monoisotopic (exact) mass is 337 g/mol. The Labute approximate surface area is 137 Å². The van der Waals surface area contributed by atoms with Crippen LogP contribution in [0.5, 0.6) is 0 Å². The van der Waals surface area contributed by atoms with E-state index in [2.05, 4.69) is 15.5 Å². The fraction of sp³-hybridized carbons (Fsp3) is 0.429. The van der Waals surface area contributed by atoms with Gasteiger partial charge in [0.1, 0.15) is 0 Å². The maximum Gasteiger partial charge on any atom is 0.233 e. The molecule has 0 radical (unpaired) electrons. The van der Waals surface area contributed by atoms with Gasteiger partial charge in [-0.15, -0.1) is 5.10 Å². The molecule has 1 saturated carbocycles. The highest BCUT2D eigenvalue weighted by Crippen LogP contribution is 2.36. The topological polar surface area (TPSA) is 63.9 Å². The molecule has 116 valence electrons. The van der Waals surface area contributed by atoms with Crippen LogP contribution < -0.4 is 0 Å². The summed E-state index contributed by atoms with van der Waals surface area (Å²) in [6.07, 6.45) is 2.23. The summed E-state index contributed by atoms with van der Waals surface area (Å²) in [6.45, 7) is 0.560. The second kappa shape index (κ2) is 6.66. The van der Waals surface area contributed by atoms with Gasteiger partial charge in [-0.1, -0.05) is 35.5 Å². The molecule has 0 spiro atoms. The van der Waals surface area contributed by atoms with Gasteiger partial charge in [0.05, 0.1) is 11.8 Å². The minimum Gasteiger partial charge on any atom is -0.341 e. The van der Waals surface area contributed by atoms with Gasteiger partial charge in [0.15, 0.2) is 0 Å². The fourth-order valence-corrected chi connectivity index (χ4v) is 3.03. The molecular weight excluding hydrogens is 322 g/mol. The Bertz CT molecular complexity index is 656. The summed E-state index contributed by atoms with van der Waals surface area (Å²) in [6, 6.07) is 7.92. The number of amides is 1. The third-order valence-electron chi connectivity index (χ3n) is 3.44. The van der Waals surface area contributed by atoms with Crippen molar-refractivity contribution in [3.05, 3.63) is 34.9 Å². The van der Waals surface area contributed by atoms with Crippen molar-refractivity contribution in [3.63, 3.8) is 0 Å². The van der Waals surface area contributed by atoms with Crippen LogP contribution in [-0.4, -0.2) is 43.8 Å². The molecular formula is C14H16ClN5OS. The SMILES string of the molecule is CN(Cc1ccc(Cl)cc1)C(=O)CSc1nnnn1C1CC1. The number of nitrogens with zero attached hydrogens (tertiary/aromatic N) is 5. The van der Waals surface area contributed by atoms with E-state index in [1.807, 2.05) is 28.9 Å². The molecule has 1 aromatic heterocycles. The molecule has 0 saturated heterocycles. The number of tetrazole rings is 1. The first kappa shape index (κ1) is 15.3. The number of halogens is 1. The van der Waals surface area contributed by atoms with Crippen LogP contribution in [0.25, 0.3) is 0 Å². The smallest absolute Gasteiger partial charge is 0.233 e. The van der Waals surface area contributed by atoms with Gasteiger partial charge in [-0.25, -0.2) is 4.68 Å². The van der Waals surface area contributed by atoms with Gasteiger partial charge in [0.2, 0.25) is 11.1 Å². The number of aromatic nitrogens is 4. The number of hydrogen-bond donors (Lipinski definition) is 0. The lowest BCUT2D eigenvalue weighted by Gasteiger charge is -2.17. The first-order valence-electron chi connectivity index (χ1n) is 7.02.